The molecule has 2 N–H and O–H groups in total. The highest BCUT2D eigenvalue weighted by atomic mass is 19.4. The summed E-state index contributed by atoms with van der Waals surface area (Å²) in [6.07, 6.45) is -3.60. The van der Waals surface area contributed by atoms with E-state index in [0.29, 0.717) is 17.8 Å². The molecule has 0 bridgehead atoms. The minimum Gasteiger partial charge on any atom is -0.475 e. The lowest BCUT2D eigenvalue weighted by Gasteiger charge is -2.38. The predicted molar refractivity (Wildman–Crippen MR) is 134 cm³/mol. The van der Waals surface area contributed by atoms with Gasteiger partial charge in [0.05, 0.1) is 0 Å². The molecule has 5 rings (SSSR count). The van der Waals surface area contributed by atoms with Crippen LogP contribution in [0.25, 0.3) is 11.3 Å². The van der Waals surface area contributed by atoms with E-state index in [-0.39, 0.29) is 16.8 Å². The van der Waals surface area contributed by atoms with Gasteiger partial charge in [-0.3, -0.25) is 19.2 Å². The summed E-state index contributed by atoms with van der Waals surface area (Å²) in [5.41, 5.74) is 1.91. The number of carboxylic acid groups (broad SMARTS) is 2. The highest BCUT2D eigenvalue weighted by Gasteiger charge is 2.44. The first kappa shape index (κ1) is 33.1. The summed E-state index contributed by atoms with van der Waals surface area (Å²) in [4.78, 5) is 37.4. The number of aromatic nitrogens is 4. The van der Waals surface area contributed by atoms with Crippen molar-refractivity contribution in [2.75, 3.05) is 13.1 Å². The van der Waals surface area contributed by atoms with Crippen LogP contribution in [0.4, 0.5) is 30.7 Å². The van der Waals surface area contributed by atoms with Crippen LogP contribution in [0, 0.1) is 5.82 Å². The van der Waals surface area contributed by atoms with Crippen molar-refractivity contribution in [2.45, 2.75) is 50.1 Å². The monoisotopic (exact) mass is 619 g/mol. The minimum atomic E-state index is -5.08. The van der Waals surface area contributed by atoms with Crippen molar-refractivity contribution in [3.63, 3.8) is 0 Å². The van der Waals surface area contributed by atoms with E-state index < -0.39 is 24.3 Å². The number of halogens is 7. The third-order valence-corrected chi connectivity index (χ3v) is 6.78. The molecule has 0 unspecified atom stereocenters. The molecule has 0 radical (unpaired) electrons. The van der Waals surface area contributed by atoms with Crippen molar-refractivity contribution in [1.82, 2.24) is 24.6 Å². The molecule has 1 fully saturated rings. The zero-order valence-electron chi connectivity index (χ0n) is 22.1. The fourth-order valence-electron chi connectivity index (χ4n) is 4.61. The third kappa shape index (κ3) is 8.56. The van der Waals surface area contributed by atoms with E-state index in [1.54, 1.807) is 22.9 Å². The molecule has 3 aromatic rings. The Labute approximate surface area is 238 Å². The van der Waals surface area contributed by atoms with Crippen LogP contribution < -0.4 is 5.56 Å². The molecule has 4 heterocycles. The molecule has 17 heteroatoms. The summed E-state index contributed by atoms with van der Waals surface area (Å²) >= 11 is 0. The standard InChI is InChI=1S/C22H22FN5O.2C2HF3O2/c23-18-5-3-17(4-6-18)19-20(29)28-13-9-22(21(28)26-25-19)7-11-27(12-8-22)15-16-2-1-10-24-14-16;2*3-2(4,5)1(6)7/h1-6,10,14H,7-9,11-13,15H2;2*(H,6,7). The SMILES string of the molecule is O=C(O)C(F)(F)F.O=C(O)C(F)(F)F.O=c1c(-c2ccc(F)cc2)nnc2n1CCC21CCN(Cc2cccnc2)CC1. The van der Waals surface area contributed by atoms with Gasteiger partial charge in [0.15, 0.2) is 5.69 Å². The number of piperidine rings is 1. The molecule has 2 aliphatic heterocycles. The number of hydrogen-bond acceptors (Lipinski definition) is 7. The van der Waals surface area contributed by atoms with Crippen LogP contribution in [0.15, 0.2) is 53.6 Å². The van der Waals surface area contributed by atoms with Gasteiger partial charge in [0.1, 0.15) is 11.6 Å². The summed E-state index contributed by atoms with van der Waals surface area (Å²) in [5.74, 6) is -5.03. The Morgan fingerprint density at radius 1 is 0.860 bits per heavy atom. The largest absolute Gasteiger partial charge is 0.490 e. The molecule has 2 aliphatic rings. The van der Waals surface area contributed by atoms with Crippen molar-refractivity contribution in [1.29, 1.82) is 0 Å². The first-order chi connectivity index (χ1) is 20.0. The van der Waals surface area contributed by atoms with Gasteiger partial charge in [-0.05, 0) is 68.2 Å². The second-order valence-electron chi connectivity index (χ2n) is 9.61. The molecule has 43 heavy (non-hydrogen) atoms. The second kappa shape index (κ2) is 13.3. The van der Waals surface area contributed by atoms with Crippen LogP contribution in [0.1, 0.15) is 30.7 Å². The fraction of sp³-hybridized carbons (Fsp3) is 0.385. The highest BCUT2D eigenvalue weighted by molar-refractivity contribution is 5.73. The molecular weight excluding hydrogens is 595 g/mol. The van der Waals surface area contributed by atoms with E-state index >= 15 is 0 Å². The number of carboxylic acids is 2. The van der Waals surface area contributed by atoms with Gasteiger partial charge in [-0.2, -0.15) is 26.3 Å². The van der Waals surface area contributed by atoms with Gasteiger partial charge in [-0.1, -0.05) is 6.07 Å². The summed E-state index contributed by atoms with van der Waals surface area (Å²) in [7, 11) is 0. The van der Waals surface area contributed by atoms with Crippen molar-refractivity contribution in [3.05, 3.63) is 76.4 Å². The molecule has 2 aromatic heterocycles. The van der Waals surface area contributed by atoms with Gasteiger partial charge < -0.3 is 10.2 Å². The number of rotatable bonds is 3. The molecule has 232 valence electrons. The van der Waals surface area contributed by atoms with Crippen LogP contribution in [0.2, 0.25) is 0 Å². The first-order valence-corrected chi connectivity index (χ1v) is 12.5. The van der Waals surface area contributed by atoms with Crippen molar-refractivity contribution >= 4 is 11.9 Å². The highest BCUT2D eigenvalue weighted by Crippen LogP contribution is 2.41. The summed E-state index contributed by atoms with van der Waals surface area (Å²) in [6.45, 7) is 3.49. The molecule has 10 nitrogen and oxygen atoms in total. The minimum absolute atomic E-state index is 0.0705. The van der Waals surface area contributed by atoms with E-state index in [4.69, 9.17) is 19.8 Å². The van der Waals surface area contributed by atoms with Gasteiger partial charge in [0.2, 0.25) is 0 Å². The number of nitrogens with zero attached hydrogens (tertiary/aromatic N) is 5. The number of aliphatic carboxylic acids is 2. The third-order valence-electron chi connectivity index (χ3n) is 6.78. The number of hydrogen-bond donors (Lipinski definition) is 2. The van der Waals surface area contributed by atoms with Crippen LogP contribution in [-0.2, 0) is 28.1 Å². The average molecular weight is 619 g/mol. The Morgan fingerprint density at radius 2 is 1.40 bits per heavy atom. The maximum atomic E-state index is 13.2. The zero-order chi connectivity index (χ0) is 32.0. The summed E-state index contributed by atoms with van der Waals surface area (Å²) in [6, 6.07) is 9.91. The number of pyridine rings is 1. The lowest BCUT2D eigenvalue weighted by atomic mass is 9.76. The Bertz CT molecular complexity index is 1450. The zero-order valence-corrected chi connectivity index (χ0v) is 22.1. The lowest BCUT2D eigenvalue weighted by molar-refractivity contribution is -0.193. The lowest BCUT2D eigenvalue weighted by Crippen LogP contribution is -2.42. The summed E-state index contributed by atoms with van der Waals surface area (Å²) in [5, 5.41) is 23.0. The average Bonchev–Trinajstić information content (AvgIpc) is 3.30. The molecule has 1 aromatic carbocycles. The van der Waals surface area contributed by atoms with Crippen molar-refractivity contribution in [2.24, 2.45) is 0 Å². The number of carbonyl (C=O) groups is 2. The van der Waals surface area contributed by atoms with E-state index in [9.17, 15) is 35.5 Å². The number of benzene rings is 1. The van der Waals surface area contributed by atoms with Gasteiger partial charge in [-0.15, -0.1) is 10.2 Å². The second-order valence-corrected chi connectivity index (χ2v) is 9.61. The maximum absolute atomic E-state index is 13.2. The fourth-order valence-corrected chi connectivity index (χ4v) is 4.61. The Balaban J connectivity index is 0.000000303. The van der Waals surface area contributed by atoms with Crippen molar-refractivity contribution in [3.8, 4) is 11.3 Å². The van der Waals surface area contributed by atoms with Crippen LogP contribution in [0.3, 0.4) is 0 Å². The van der Waals surface area contributed by atoms with Gasteiger partial charge in [0.25, 0.3) is 5.56 Å². The smallest absolute Gasteiger partial charge is 0.475 e. The maximum Gasteiger partial charge on any atom is 0.490 e. The van der Waals surface area contributed by atoms with E-state index in [1.165, 1.54) is 17.7 Å². The van der Waals surface area contributed by atoms with E-state index in [0.717, 1.165) is 44.7 Å². The number of alkyl halides is 6. The molecule has 1 saturated heterocycles. The molecule has 1 spiro atoms. The van der Waals surface area contributed by atoms with Crippen LogP contribution >= 0.6 is 0 Å². The summed E-state index contributed by atoms with van der Waals surface area (Å²) < 4.78 is 78.5. The first-order valence-electron chi connectivity index (χ1n) is 12.5. The van der Waals surface area contributed by atoms with Crippen LogP contribution in [-0.4, -0.2) is 72.2 Å². The van der Waals surface area contributed by atoms with E-state index in [2.05, 4.69) is 26.1 Å². The predicted octanol–water partition coefficient (Wildman–Crippen LogP) is 4.04. The Kier molecular flexibility index (Phi) is 10.2. The van der Waals surface area contributed by atoms with Gasteiger partial charge >= 0.3 is 24.3 Å². The van der Waals surface area contributed by atoms with Crippen molar-refractivity contribution < 1.29 is 50.5 Å². The van der Waals surface area contributed by atoms with Crippen LogP contribution in [0.5, 0.6) is 0 Å². The molecule has 0 atom stereocenters. The van der Waals surface area contributed by atoms with E-state index in [1.807, 2.05) is 12.3 Å². The number of likely N-dealkylation sites (tertiary alicyclic amines) is 1. The molecule has 0 aliphatic carbocycles. The Morgan fingerprint density at radius 3 is 1.88 bits per heavy atom. The molecule has 0 amide bonds. The van der Waals surface area contributed by atoms with Gasteiger partial charge in [-0.25, -0.2) is 14.0 Å². The molecular formula is C26H24F7N5O5. The normalized spacial score (nSPS) is 15.9. The topological polar surface area (TPSA) is 139 Å². The Hall–Kier alpha value is -4.41. The molecule has 0 saturated carbocycles. The van der Waals surface area contributed by atoms with Gasteiger partial charge in [0, 0.05) is 36.5 Å². The quantitative estimate of drug-likeness (QED) is 0.416. The number of fused-ring (bicyclic) bond motifs is 2.